The molecule has 5 heterocycles. The smallest absolute Gasteiger partial charge is 0.493 e. The zero-order valence-corrected chi connectivity index (χ0v) is 44.0. The molecular formula is C59H65F3N4O7S. The minimum absolute atomic E-state index is 0.440. The van der Waals surface area contributed by atoms with E-state index in [4.69, 9.17) is 28.9 Å². The van der Waals surface area contributed by atoms with Gasteiger partial charge >= 0.3 is 15.6 Å². The van der Waals surface area contributed by atoms with Crippen LogP contribution in [0.15, 0.2) is 91.0 Å². The van der Waals surface area contributed by atoms with Crippen LogP contribution in [0.5, 0.6) is 28.7 Å². The maximum Gasteiger partial charge on any atom is 0.534 e. The van der Waals surface area contributed by atoms with Gasteiger partial charge in [-0.2, -0.15) is 21.6 Å². The first-order chi connectivity index (χ1) is 35.3. The highest BCUT2D eigenvalue weighted by Gasteiger charge is 2.48. The number of hydrogen-bond donors (Lipinski definition) is 2. The molecule has 0 saturated heterocycles. The summed E-state index contributed by atoms with van der Waals surface area (Å²) in [5, 5.41) is 0. The second-order valence-electron chi connectivity index (χ2n) is 20.4. The largest absolute Gasteiger partial charge is 0.534 e. The topological polar surface area (TPSA) is 138 Å². The van der Waals surface area contributed by atoms with Crippen LogP contribution in [0.4, 0.5) is 13.2 Å². The first-order valence-corrected chi connectivity index (χ1v) is 26.8. The molecule has 3 aromatic carbocycles. The molecule has 0 fully saturated rings. The summed E-state index contributed by atoms with van der Waals surface area (Å²) in [6.45, 7) is 19.3. The molecule has 0 radical (unpaired) electrons. The molecule has 15 heteroatoms. The number of rotatable bonds is 21. The standard InChI is InChI=1S/C59H65F3N4O7S/c1-36(2)21-25-69-46-29-41(30-47(34-46)70-26-22-37(3)4)57-50-15-11-43(63-50)33-44-12-16-51(64-44)58(42-31-48(71-27-23-38(5)6)35-49(32-42)72-28-24-39(7)8)55-20-18-53(66-55)56(52-17-19-54(57)65-52)40-9-13-45(14-10-40)73-74(67,68)59(60,61)62/h9-20,29-39,63,66H,21-28H2,1-8H3. The maximum absolute atomic E-state index is 13.4. The van der Waals surface area contributed by atoms with Gasteiger partial charge in [0.25, 0.3) is 0 Å². The molecule has 2 N–H and O–H groups in total. The van der Waals surface area contributed by atoms with E-state index < -0.39 is 21.4 Å². The van der Waals surface area contributed by atoms with Gasteiger partial charge in [-0.3, -0.25) is 0 Å². The molecule has 3 aromatic heterocycles. The summed E-state index contributed by atoms with van der Waals surface area (Å²) in [5.74, 6) is 3.85. The summed E-state index contributed by atoms with van der Waals surface area (Å²) >= 11 is 0. The van der Waals surface area contributed by atoms with Crippen LogP contribution in [-0.4, -0.2) is 60.3 Å². The summed E-state index contributed by atoms with van der Waals surface area (Å²) < 4.78 is 94.4. The third kappa shape index (κ3) is 13.4. The van der Waals surface area contributed by atoms with E-state index >= 15 is 0 Å². The Balaban J connectivity index is 1.40. The van der Waals surface area contributed by atoms with Gasteiger partial charge in [0.2, 0.25) is 0 Å². The van der Waals surface area contributed by atoms with Gasteiger partial charge in [0.1, 0.15) is 28.7 Å². The molecule has 74 heavy (non-hydrogen) atoms. The number of ether oxygens (including phenoxy) is 4. The fourth-order valence-corrected chi connectivity index (χ4v) is 8.78. The van der Waals surface area contributed by atoms with Crippen molar-refractivity contribution in [1.82, 2.24) is 19.9 Å². The van der Waals surface area contributed by atoms with Crippen molar-refractivity contribution in [1.29, 1.82) is 0 Å². The van der Waals surface area contributed by atoms with Gasteiger partial charge in [-0.25, -0.2) is 9.97 Å². The number of nitrogens with zero attached hydrogens (tertiary/aromatic N) is 2. The normalized spacial score (nSPS) is 12.6. The molecule has 0 unspecified atom stereocenters. The van der Waals surface area contributed by atoms with Gasteiger partial charge in [-0.1, -0.05) is 67.5 Å². The van der Waals surface area contributed by atoms with Crippen LogP contribution < -0.4 is 23.1 Å². The number of aromatic nitrogens is 4. The second-order valence-corrected chi connectivity index (χ2v) is 21.9. The number of hydrogen-bond acceptors (Lipinski definition) is 9. The quantitative estimate of drug-likeness (QED) is 0.0532. The van der Waals surface area contributed by atoms with Gasteiger partial charge < -0.3 is 33.1 Å². The van der Waals surface area contributed by atoms with Gasteiger partial charge in [-0.05, 0) is 157 Å². The Labute approximate surface area is 432 Å². The molecule has 2 aliphatic rings. The molecule has 6 aromatic rings. The molecular weight excluding hydrogens is 966 g/mol. The molecule has 0 spiro atoms. The fourth-order valence-electron chi connectivity index (χ4n) is 8.32. The molecule has 0 saturated carbocycles. The average Bonchev–Trinajstić information content (AvgIpc) is 4.17. The van der Waals surface area contributed by atoms with Gasteiger partial charge in [0, 0.05) is 50.9 Å². The van der Waals surface area contributed by atoms with Gasteiger partial charge in [0.05, 0.1) is 49.2 Å². The van der Waals surface area contributed by atoms with Crippen LogP contribution in [0.3, 0.4) is 0 Å². The predicted molar refractivity (Wildman–Crippen MR) is 291 cm³/mol. The van der Waals surface area contributed by atoms with Crippen LogP contribution in [0.2, 0.25) is 0 Å². The van der Waals surface area contributed by atoms with Crippen LogP contribution in [0.25, 0.3) is 79.8 Å². The zero-order chi connectivity index (χ0) is 52.7. The number of benzene rings is 3. The number of alkyl halides is 3. The van der Waals surface area contributed by atoms with E-state index in [1.165, 1.54) is 24.3 Å². The molecule has 390 valence electrons. The third-order valence-corrected chi connectivity index (χ3v) is 13.4. The Kier molecular flexibility index (Phi) is 16.6. The summed E-state index contributed by atoms with van der Waals surface area (Å²) in [6, 6.07) is 27.1. The minimum atomic E-state index is -5.92. The lowest BCUT2D eigenvalue weighted by molar-refractivity contribution is -0.0500. The zero-order valence-electron chi connectivity index (χ0n) is 43.2. The van der Waals surface area contributed by atoms with Crippen LogP contribution >= 0.6 is 0 Å². The highest BCUT2D eigenvalue weighted by molar-refractivity contribution is 7.88. The number of fused-ring (bicyclic) bond motifs is 8. The monoisotopic (exact) mass is 1030 g/mol. The van der Waals surface area contributed by atoms with E-state index in [0.717, 1.165) is 59.0 Å². The Morgan fingerprint density at radius 2 is 0.851 bits per heavy atom. The molecule has 0 atom stereocenters. The lowest BCUT2D eigenvalue weighted by atomic mass is 10.0. The van der Waals surface area contributed by atoms with E-state index in [1.54, 1.807) is 0 Å². The minimum Gasteiger partial charge on any atom is -0.493 e. The first-order valence-electron chi connectivity index (χ1n) is 25.3. The number of halogens is 3. The van der Waals surface area contributed by atoms with Crippen LogP contribution in [0, 0.1) is 23.7 Å². The lowest BCUT2D eigenvalue weighted by Crippen LogP contribution is -2.28. The van der Waals surface area contributed by atoms with E-state index in [1.807, 2.05) is 91.0 Å². The van der Waals surface area contributed by atoms with Crippen molar-refractivity contribution in [2.75, 3.05) is 26.4 Å². The third-order valence-electron chi connectivity index (χ3n) is 12.4. The Morgan fingerprint density at radius 3 is 1.28 bits per heavy atom. The predicted octanol–water partition coefficient (Wildman–Crippen LogP) is 15.6. The summed E-state index contributed by atoms with van der Waals surface area (Å²) in [6.07, 6.45) is 11.2. The van der Waals surface area contributed by atoms with Crippen molar-refractivity contribution in [2.24, 2.45) is 23.7 Å². The highest BCUT2D eigenvalue weighted by Crippen LogP contribution is 2.40. The molecule has 2 aliphatic heterocycles. The van der Waals surface area contributed by atoms with Crippen molar-refractivity contribution in [3.05, 3.63) is 114 Å². The van der Waals surface area contributed by atoms with E-state index in [-0.39, 0.29) is 0 Å². The van der Waals surface area contributed by atoms with Crippen molar-refractivity contribution in [3.63, 3.8) is 0 Å². The van der Waals surface area contributed by atoms with Crippen LogP contribution in [0.1, 0.15) is 104 Å². The van der Waals surface area contributed by atoms with Crippen molar-refractivity contribution in [2.45, 2.75) is 86.6 Å². The molecule has 8 rings (SSSR count). The summed E-state index contributed by atoms with van der Waals surface area (Å²) in [7, 11) is -5.92. The second kappa shape index (κ2) is 23.0. The maximum atomic E-state index is 13.4. The Morgan fingerprint density at radius 1 is 0.459 bits per heavy atom. The highest BCUT2D eigenvalue weighted by atomic mass is 32.2. The fraction of sp³-hybridized carbons (Fsp3) is 0.356. The molecule has 0 aliphatic carbocycles. The Bertz CT molecular complexity index is 3160. The number of H-pyrrole nitrogens is 2. The summed E-state index contributed by atoms with van der Waals surface area (Å²) in [5.41, 5.74) is 3.92. The SMILES string of the molecule is CC(C)CCOc1cc(OCCC(C)C)cc(-c2c3nc(c(-c4ccc(OS(=O)(=O)C(F)(F)F)cc4)c4ccc([nH]4)c(-c4cc(OCCC(C)C)cc(OCCC(C)C)c4)c4nc(cc5ccc2[nH]5)C=C4)C=C3)c1. The van der Waals surface area contributed by atoms with E-state index in [2.05, 4.69) is 69.5 Å². The molecule has 11 nitrogen and oxygen atoms in total. The van der Waals surface area contributed by atoms with E-state index in [9.17, 15) is 21.6 Å². The number of nitrogens with one attached hydrogen (secondary N) is 2. The Hall–Kier alpha value is -7.00. The molecule has 0 amide bonds. The van der Waals surface area contributed by atoms with Gasteiger partial charge in [0.15, 0.2) is 0 Å². The van der Waals surface area contributed by atoms with Crippen LogP contribution in [-0.2, 0) is 10.1 Å². The van der Waals surface area contributed by atoms with Crippen molar-refractivity contribution < 1.29 is 44.7 Å². The van der Waals surface area contributed by atoms with Crippen molar-refractivity contribution in [3.8, 4) is 62.1 Å². The molecule has 8 bridgehead atoms. The number of aromatic amines is 2. The van der Waals surface area contributed by atoms with Crippen molar-refractivity contribution >= 4 is 56.5 Å². The van der Waals surface area contributed by atoms with Gasteiger partial charge in [-0.15, -0.1) is 0 Å². The average molecular weight is 1030 g/mol. The summed E-state index contributed by atoms with van der Waals surface area (Å²) in [4.78, 5) is 17.8. The van der Waals surface area contributed by atoms with E-state index in [0.29, 0.717) is 118 Å². The lowest BCUT2D eigenvalue weighted by Gasteiger charge is -2.14. The first kappa shape index (κ1) is 53.3.